The van der Waals surface area contributed by atoms with Crippen LogP contribution in [-0.2, 0) is 14.8 Å². The summed E-state index contributed by atoms with van der Waals surface area (Å²) in [6, 6.07) is 12.0. The minimum absolute atomic E-state index is 0.176. The number of benzene rings is 2. The number of amides is 1. The van der Waals surface area contributed by atoms with Gasteiger partial charge in [0.15, 0.2) is 0 Å². The van der Waals surface area contributed by atoms with Crippen LogP contribution in [0.15, 0.2) is 59.5 Å². The molecule has 140 valence electrons. The van der Waals surface area contributed by atoms with Gasteiger partial charge in [0.2, 0.25) is 5.91 Å². The molecule has 0 saturated heterocycles. The molecular formula is C16H15F3N2O4S. The molecule has 1 amide bonds. The number of primary amides is 1. The van der Waals surface area contributed by atoms with Gasteiger partial charge in [-0.15, -0.1) is 13.2 Å². The maximum atomic E-state index is 13.0. The first-order valence-electron chi connectivity index (χ1n) is 7.32. The Hall–Kier alpha value is -2.75. The number of carbonyl (C=O) groups excluding carboxylic acids is 1. The minimum atomic E-state index is -5.06. The fraction of sp³-hybridized carbons (Fsp3) is 0.188. The van der Waals surface area contributed by atoms with Gasteiger partial charge in [-0.3, -0.25) is 9.10 Å². The van der Waals surface area contributed by atoms with E-state index in [1.165, 1.54) is 24.3 Å². The number of alkyl halides is 3. The zero-order valence-corrected chi connectivity index (χ0v) is 14.1. The number of carbonyl (C=O) groups is 1. The zero-order chi connectivity index (χ0) is 19.4. The molecule has 0 radical (unpaired) electrons. The molecule has 0 bridgehead atoms. The summed E-state index contributed by atoms with van der Waals surface area (Å²) in [5.74, 6) is -1.61. The van der Waals surface area contributed by atoms with E-state index in [9.17, 15) is 26.4 Å². The summed E-state index contributed by atoms with van der Waals surface area (Å²) in [6.45, 7) is -0.331. The molecule has 0 atom stereocenters. The van der Waals surface area contributed by atoms with Crippen molar-refractivity contribution in [1.82, 2.24) is 0 Å². The van der Waals surface area contributed by atoms with Gasteiger partial charge in [0, 0.05) is 13.0 Å². The summed E-state index contributed by atoms with van der Waals surface area (Å²) in [6.07, 6.45) is -5.37. The average Bonchev–Trinajstić information content (AvgIpc) is 2.54. The number of anilines is 1. The van der Waals surface area contributed by atoms with Gasteiger partial charge in [-0.2, -0.15) is 0 Å². The summed E-state index contributed by atoms with van der Waals surface area (Å²) < 4.78 is 68.4. The van der Waals surface area contributed by atoms with Gasteiger partial charge in [-0.05, 0) is 24.3 Å². The smallest absolute Gasteiger partial charge is 0.404 e. The van der Waals surface area contributed by atoms with Gasteiger partial charge in [-0.25, -0.2) is 8.42 Å². The molecule has 0 aromatic heterocycles. The van der Waals surface area contributed by atoms with E-state index in [4.69, 9.17) is 5.73 Å². The van der Waals surface area contributed by atoms with Crippen molar-refractivity contribution in [2.45, 2.75) is 17.7 Å². The Labute approximate surface area is 148 Å². The molecule has 10 heteroatoms. The van der Waals surface area contributed by atoms with Crippen LogP contribution in [0, 0.1) is 0 Å². The van der Waals surface area contributed by atoms with Crippen molar-refractivity contribution in [3.05, 3.63) is 54.6 Å². The molecule has 0 spiro atoms. The first-order valence-corrected chi connectivity index (χ1v) is 8.76. The lowest BCUT2D eigenvalue weighted by Gasteiger charge is -2.25. The highest BCUT2D eigenvalue weighted by molar-refractivity contribution is 7.93. The second kappa shape index (κ2) is 7.65. The molecule has 2 aromatic rings. The number of ether oxygens (including phenoxy) is 1. The van der Waals surface area contributed by atoms with Gasteiger partial charge in [0.25, 0.3) is 10.0 Å². The third-order valence-electron chi connectivity index (χ3n) is 3.25. The Kier molecular flexibility index (Phi) is 5.76. The highest BCUT2D eigenvalue weighted by atomic mass is 32.2. The second-order valence-corrected chi connectivity index (χ2v) is 6.95. The van der Waals surface area contributed by atoms with Crippen molar-refractivity contribution in [2.24, 2.45) is 5.73 Å². The van der Waals surface area contributed by atoms with Gasteiger partial charge in [0.1, 0.15) is 10.6 Å². The molecule has 0 heterocycles. The predicted molar refractivity (Wildman–Crippen MR) is 87.9 cm³/mol. The molecule has 6 nitrogen and oxygen atoms in total. The quantitative estimate of drug-likeness (QED) is 0.790. The summed E-state index contributed by atoms with van der Waals surface area (Å²) in [7, 11) is -4.45. The topological polar surface area (TPSA) is 89.7 Å². The van der Waals surface area contributed by atoms with Crippen LogP contribution in [0.2, 0.25) is 0 Å². The first-order chi connectivity index (χ1) is 12.1. The van der Waals surface area contributed by atoms with Crippen LogP contribution in [0.25, 0.3) is 0 Å². The van der Waals surface area contributed by atoms with E-state index in [1.807, 2.05) is 0 Å². The minimum Gasteiger partial charge on any atom is -0.404 e. The lowest BCUT2D eigenvalue weighted by molar-refractivity contribution is -0.275. The number of hydrogen-bond acceptors (Lipinski definition) is 4. The Morgan fingerprint density at radius 3 is 2.19 bits per heavy atom. The van der Waals surface area contributed by atoms with Crippen LogP contribution in [0.5, 0.6) is 5.75 Å². The van der Waals surface area contributed by atoms with Crippen molar-refractivity contribution in [3.63, 3.8) is 0 Å². The molecule has 0 unspecified atom stereocenters. The van der Waals surface area contributed by atoms with Gasteiger partial charge in [0.05, 0.1) is 5.69 Å². The molecule has 0 saturated carbocycles. The van der Waals surface area contributed by atoms with Gasteiger partial charge >= 0.3 is 6.36 Å². The van der Waals surface area contributed by atoms with E-state index in [-0.39, 0.29) is 18.7 Å². The van der Waals surface area contributed by atoms with Crippen LogP contribution < -0.4 is 14.8 Å². The van der Waals surface area contributed by atoms with Crippen LogP contribution in [0.3, 0.4) is 0 Å². The predicted octanol–water partition coefficient (Wildman–Crippen LogP) is 2.66. The van der Waals surface area contributed by atoms with Crippen LogP contribution in [-0.4, -0.2) is 27.2 Å². The highest BCUT2D eigenvalue weighted by Gasteiger charge is 2.35. The SMILES string of the molecule is NC(=O)CCN(c1ccccc1)S(=O)(=O)c1ccccc1OC(F)(F)F. The lowest BCUT2D eigenvalue weighted by atomic mass is 10.3. The highest BCUT2D eigenvalue weighted by Crippen LogP contribution is 2.33. The molecule has 2 rings (SSSR count). The number of rotatable bonds is 7. The van der Waals surface area contributed by atoms with E-state index < -0.39 is 32.9 Å². The van der Waals surface area contributed by atoms with Crippen molar-refractivity contribution in [3.8, 4) is 5.75 Å². The van der Waals surface area contributed by atoms with Crippen molar-refractivity contribution in [2.75, 3.05) is 10.8 Å². The number of para-hydroxylation sites is 2. The molecule has 2 aromatic carbocycles. The standard InChI is InChI=1S/C16H15F3N2O4S/c17-16(18,19)25-13-8-4-5-9-14(13)26(23,24)21(11-10-15(20)22)12-6-2-1-3-7-12/h1-9H,10-11H2,(H2,20,22). The Bertz CT molecular complexity index is 871. The van der Waals surface area contributed by atoms with Crippen molar-refractivity contribution < 1.29 is 31.1 Å². The molecule has 26 heavy (non-hydrogen) atoms. The Morgan fingerprint density at radius 1 is 1.04 bits per heavy atom. The molecular weight excluding hydrogens is 373 g/mol. The van der Waals surface area contributed by atoms with E-state index >= 15 is 0 Å². The zero-order valence-electron chi connectivity index (χ0n) is 13.3. The third kappa shape index (κ3) is 4.88. The van der Waals surface area contributed by atoms with Crippen LogP contribution in [0.1, 0.15) is 6.42 Å². The second-order valence-electron chi connectivity index (χ2n) is 5.12. The molecule has 0 aliphatic rings. The number of nitrogens with two attached hydrogens (primary N) is 1. The molecule has 2 N–H and O–H groups in total. The number of sulfonamides is 1. The van der Waals surface area contributed by atoms with Gasteiger partial charge in [-0.1, -0.05) is 30.3 Å². The van der Waals surface area contributed by atoms with E-state index in [2.05, 4.69) is 4.74 Å². The summed E-state index contributed by atoms with van der Waals surface area (Å²) >= 11 is 0. The largest absolute Gasteiger partial charge is 0.573 e. The maximum Gasteiger partial charge on any atom is 0.573 e. The Morgan fingerprint density at radius 2 is 1.62 bits per heavy atom. The lowest BCUT2D eigenvalue weighted by Crippen LogP contribution is -2.34. The monoisotopic (exact) mass is 388 g/mol. The van der Waals surface area contributed by atoms with Crippen LogP contribution in [0.4, 0.5) is 18.9 Å². The Balaban J connectivity index is 2.52. The fourth-order valence-corrected chi connectivity index (χ4v) is 3.77. The summed E-state index contributed by atoms with van der Waals surface area (Å²) in [4.78, 5) is 10.4. The maximum absolute atomic E-state index is 13.0. The number of hydrogen-bond donors (Lipinski definition) is 1. The number of nitrogens with zero attached hydrogens (tertiary/aromatic N) is 1. The van der Waals surface area contributed by atoms with E-state index in [1.54, 1.807) is 18.2 Å². The fourth-order valence-electron chi connectivity index (χ4n) is 2.19. The van der Waals surface area contributed by atoms with Gasteiger partial charge < -0.3 is 10.5 Å². The van der Waals surface area contributed by atoms with Crippen molar-refractivity contribution in [1.29, 1.82) is 0 Å². The number of halogens is 3. The third-order valence-corrected chi connectivity index (χ3v) is 5.12. The molecule has 0 fully saturated rings. The molecule has 0 aliphatic heterocycles. The summed E-state index contributed by atoms with van der Waals surface area (Å²) in [5.41, 5.74) is 5.26. The van der Waals surface area contributed by atoms with Crippen LogP contribution >= 0.6 is 0 Å². The summed E-state index contributed by atoms with van der Waals surface area (Å²) in [5, 5.41) is 0. The van der Waals surface area contributed by atoms with E-state index in [0.29, 0.717) is 0 Å². The molecule has 0 aliphatic carbocycles. The first kappa shape index (κ1) is 19.6. The normalized spacial score (nSPS) is 11.8. The average molecular weight is 388 g/mol. The van der Waals surface area contributed by atoms with E-state index in [0.717, 1.165) is 16.4 Å². The van der Waals surface area contributed by atoms with Crippen molar-refractivity contribution >= 4 is 21.6 Å².